The van der Waals surface area contributed by atoms with Crippen molar-refractivity contribution >= 4 is 20.2 Å². The highest BCUT2D eigenvalue weighted by atomic mass is 32.2. The van der Waals surface area contributed by atoms with Crippen LogP contribution in [0.25, 0.3) is 0 Å². The van der Waals surface area contributed by atoms with Gasteiger partial charge in [-0.25, -0.2) is 0 Å². The zero-order valence-electron chi connectivity index (χ0n) is 10.9. The summed E-state index contributed by atoms with van der Waals surface area (Å²) in [5, 5.41) is 0. The van der Waals surface area contributed by atoms with Gasteiger partial charge in [-0.2, -0.15) is 16.8 Å². The Hall–Kier alpha value is -0.220. The first kappa shape index (κ1) is 17.8. The lowest BCUT2D eigenvalue weighted by atomic mass is 10.2. The third kappa shape index (κ3) is 12.2. The summed E-state index contributed by atoms with van der Waals surface area (Å²) in [7, 11) is -6.93. The molecule has 0 aromatic heterocycles. The minimum atomic E-state index is -3.67. The van der Waals surface area contributed by atoms with Gasteiger partial charge >= 0.3 is 0 Å². The molecule has 1 unspecified atom stereocenters. The monoisotopic (exact) mass is 303 g/mol. The first-order valence-electron chi connectivity index (χ1n) is 5.50. The fourth-order valence-corrected chi connectivity index (χ4v) is 2.01. The fourth-order valence-electron chi connectivity index (χ4n) is 1.63. The third-order valence-corrected chi connectivity index (χ3v) is 2.96. The van der Waals surface area contributed by atoms with Crippen LogP contribution in [0.2, 0.25) is 0 Å². The molecule has 1 saturated heterocycles. The molecular weight excluding hydrogens is 282 g/mol. The van der Waals surface area contributed by atoms with Crippen LogP contribution in [-0.4, -0.2) is 64.5 Å². The van der Waals surface area contributed by atoms with E-state index >= 15 is 0 Å². The van der Waals surface area contributed by atoms with Crippen LogP contribution in [0.4, 0.5) is 0 Å². The van der Waals surface area contributed by atoms with Crippen LogP contribution >= 0.6 is 0 Å². The Morgan fingerprint density at radius 2 is 1.78 bits per heavy atom. The van der Waals surface area contributed by atoms with Crippen molar-refractivity contribution in [3.8, 4) is 0 Å². The zero-order valence-corrected chi connectivity index (χ0v) is 12.5. The Balaban J connectivity index is 0.000000494. The standard InChI is InChI=1S/C8H17NO3S.CH4O3S/c1-8-4-3-5-9(8)6-7-12-13(2,10)11;1-5(2,3)4/h8H,3-7H2,1-2H3;1H3,(H,2,3,4). The van der Waals surface area contributed by atoms with Crippen molar-refractivity contribution in [3.05, 3.63) is 0 Å². The second kappa shape index (κ2) is 7.39. The summed E-state index contributed by atoms with van der Waals surface area (Å²) in [5.41, 5.74) is 0. The molecule has 0 bridgehead atoms. The largest absolute Gasteiger partial charge is 0.298 e. The van der Waals surface area contributed by atoms with Crippen LogP contribution in [-0.2, 0) is 24.4 Å². The normalized spacial score (nSPS) is 21.4. The van der Waals surface area contributed by atoms with Gasteiger partial charge < -0.3 is 0 Å². The summed E-state index contributed by atoms with van der Waals surface area (Å²) in [6.45, 7) is 4.22. The molecule has 1 aliphatic rings. The molecule has 0 spiro atoms. The van der Waals surface area contributed by atoms with Gasteiger partial charge in [0.1, 0.15) is 0 Å². The third-order valence-electron chi connectivity index (χ3n) is 2.37. The molecule has 1 fully saturated rings. The second-order valence-electron chi connectivity index (χ2n) is 4.29. The van der Waals surface area contributed by atoms with Crippen LogP contribution in [0.3, 0.4) is 0 Å². The summed E-state index contributed by atoms with van der Waals surface area (Å²) in [5.74, 6) is 0. The maximum atomic E-state index is 10.6. The molecule has 110 valence electrons. The molecule has 1 N–H and O–H groups in total. The molecule has 0 aromatic rings. The van der Waals surface area contributed by atoms with Crippen molar-refractivity contribution in [1.29, 1.82) is 0 Å². The van der Waals surface area contributed by atoms with Crippen molar-refractivity contribution in [2.24, 2.45) is 0 Å². The summed E-state index contributed by atoms with van der Waals surface area (Å²) in [6.07, 6.45) is 4.21. The highest BCUT2D eigenvalue weighted by molar-refractivity contribution is 7.86. The van der Waals surface area contributed by atoms with Gasteiger partial charge in [-0.1, -0.05) is 0 Å². The number of rotatable bonds is 4. The van der Waals surface area contributed by atoms with Crippen LogP contribution < -0.4 is 0 Å². The van der Waals surface area contributed by atoms with E-state index in [1.54, 1.807) is 0 Å². The molecule has 0 aliphatic carbocycles. The topological polar surface area (TPSA) is 101 Å². The van der Waals surface area contributed by atoms with Crippen molar-refractivity contribution < 1.29 is 25.6 Å². The minimum absolute atomic E-state index is 0.281. The lowest BCUT2D eigenvalue weighted by Gasteiger charge is -2.19. The van der Waals surface area contributed by atoms with Gasteiger partial charge in [-0.05, 0) is 26.3 Å². The second-order valence-corrected chi connectivity index (χ2v) is 7.40. The molecule has 0 aromatic carbocycles. The highest BCUT2D eigenvalue weighted by Gasteiger charge is 2.19. The van der Waals surface area contributed by atoms with Gasteiger partial charge in [0.2, 0.25) is 0 Å². The van der Waals surface area contributed by atoms with Gasteiger partial charge in [0, 0.05) is 12.6 Å². The summed E-state index contributed by atoms with van der Waals surface area (Å²) in [6, 6.07) is 0.572. The van der Waals surface area contributed by atoms with E-state index in [2.05, 4.69) is 16.0 Å². The molecule has 1 aliphatic heterocycles. The van der Waals surface area contributed by atoms with E-state index in [1.807, 2.05) is 0 Å². The first-order valence-corrected chi connectivity index (χ1v) is 9.16. The number of likely N-dealkylation sites (tertiary alicyclic amines) is 1. The maximum absolute atomic E-state index is 10.6. The van der Waals surface area contributed by atoms with E-state index in [-0.39, 0.29) is 6.61 Å². The average molecular weight is 303 g/mol. The van der Waals surface area contributed by atoms with E-state index < -0.39 is 20.2 Å². The van der Waals surface area contributed by atoms with E-state index in [1.165, 1.54) is 12.8 Å². The molecule has 1 rings (SSSR count). The molecule has 18 heavy (non-hydrogen) atoms. The number of hydrogen-bond acceptors (Lipinski definition) is 6. The smallest absolute Gasteiger partial charge is 0.264 e. The lowest BCUT2D eigenvalue weighted by molar-refractivity contribution is 0.209. The highest BCUT2D eigenvalue weighted by Crippen LogP contribution is 2.15. The fraction of sp³-hybridized carbons (Fsp3) is 1.00. The van der Waals surface area contributed by atoms with Gasteiger partial charge in [-0.15, -0.1) is 0 Å². The van der Waals surface area contributed by atoms with Crippen molar-refractivity contribution in [1.82, 2.24) is 4.90 Å². The Morgan fingerprint density at radius 1 is 1.28 bits per heavy atom. The molecule has 0 radical (unpaired) electrons. The molecule has 0 saturated carbocycles. The predicted octanol–water partition coefficient (Wildman–Crippen LogP) is -0.0491. The van der Waals surface area contributed by atoms with E-state index in [9.17, 15) is 16.8 Å². The molecule has 1 heterocycles. The quantitative estimate of drug-likeness (QED) is 0.574. The summed E-state index contributed by atoms with van der Waals surface area (Å²) in [4.78, 5) is 2.26. The molecule has 9 heteroatoms. The lowest BCUT2D eigenvalue weighted by Crippen LogP contribution is -2.30. The van der Waals surface area contributed by atoms with E-state index in [4.69, 9.17) is 4.55 Å². The van der Waals surface area contributed by atoms with Crippen LogP contribution in [0.5, 0.6) is 0 Å². The van der Waals surface area contributed by atoms with Gasteiger partial charge in [0.15, 0.2) is 0 Å². The Bertz CT molecular complexity index is 422. The summed E-state index contributed by atoms with van der Waals surface area (Å²) < 4.78 is 51.8. The average Bonchev–Trinajstić information content (AvgIpc) is 2.46. The van der Waals surface area contributed by atoms with Crippen molar-refractivity contribution in [2.45, 2.75) is 25.8 Å². The molecule has 7 nitrogen and oxygen atoms in total. The van der Waals surface area contributed by atoms with E-state index in [0.717, 1.165) is 12.8 Å². The number of nitrogens with zero attached hydrogens (tertiary/aromatic N) is 1. The summed E-state index contributed by atoms with van der Waals surface area (Å²) >= 11 is 0. The van der Waals surface area contributed by atoms with E-state index in [0.29, 0.717) is 18.8 Å². The molecular formula is C9H21NO6S2. The number of hydrogen-bond donors (Lipinski definition) is 1. The molecule has 1 atom stereocenters. The molecule has 0 amide bonds. The predicted molar refractivity (Wildman–Crippen MR) is 68.5 cm³/mol. The van der Waals surface area contributed by atoms with Crippen LogP contribution in [0.1, 0.15) is 19.8 Å². The maximum Gasteiger partial charge on any atom is 0.264 e. The van der Waals surface area contributed by atoms with Gasteiger partial charge in [-0.3, -0.25) is 13.6 Å². The van der Waals surface area contributed by atoms with Crippen LogP contribution in [0.15, 0.2) is 0 Å². The van der Waals surface area contributed by atoms with Gasteiger partial charge in [0.05, 0.1) is 19.1 Å². The Morgan fingerprint density at radius 3 is 2.11 bits per heavy atom. The van der Waals surface area contributed by atoms with Crippen molar-refractivity contribution in [3.63, 3.8) is 0 Å². The van der Waals surface area contributed by atoms with Crippen LogP contribution in [0, 0.1) is 0 Å². The van der Waals surface area contributed by atoms with Crippen molar-refractivity contribution in [2.75, 3.05) is 32.2 Å². The SMILES string of the molecule is CC1CCCN1CCOS(C)(=O)=O.CS(=O)(=O)O. The zero-order chi connectivity index (χ0) is 14.4. The minimum Gasteiger partial charge on any atom is -0.298 e. The Kier molecular flexibility index (Phi) is 7.30. The first-order chi connectivity index (χ1) is 7.99. The Labute approximate surface area is 109 Å². The van der Waals surface area contributed by atoms with Gasteiger partial charge in [0.25, 0.3) is 20.2 Å².